The number of amides is 1. The van der Waals surface area contributed by atoms with Gasteiger partial charge in [0.05, 0.1) is 7.85 Å². The van der Waals surface area contributed by atoms with Crippen molar-refractivity contribution in [1.82, 2.24) is 10.1 Å². The molecular weight excluding hydrogens is 170 g/mol. The summed E-state index contributed by atoms with van der Waals surface area (Å²) in [5.41, 5.74) is 0. The second-order valence-corrected chi connectivity index (χ2v) is 3.09. The summed E-state index contributed by atoms with van der Waals surface area (Å²) in [7, 11) is 12.7. The van der Waals surface area contributed by atoms with Crippen molar-refractivity contribution in [3.05, 3.63) is 0 Å². The van der Waals surface area contributed by atoms with Crippen LogP contribution in [0.1, 0.15) is 12.8 Å². The first-order valence-corrected chi connectivity index (χ1v) is 4.18. The number of carbonyl (C=O) groups is 1. The Kier molecular flexibility index (Phi) is 6.38. The molecule has 0 aliphatic rings. The van der Waals surface area contributed by atoms with Crippen LogP contribution in [0, 0.1) is 0 Å². The lowest BCUT2D eigenvalue weighted by atomic mass is 9.92. The minimum Gasteiger partial charge on any atom is -0.356 e. The molecule has 0 aromatic carbocycles. The number of thiol groups is 1. The molecular formula is C6H12B2N2OS. The van der Waals surface area contributed by atoms with Gasteiger partial charge in [-0.3, -0.25) is 4.79 Å². The van der Waals surface area contributed by atoms with Crippen LogP contribution in [0.3, 0.4) is 0 Å². The molecule has 0 aromatic heterocycles. The standard InChI is InChI=1S/C6H12B2N2OS/c1-10(8)4-2-3-5(7)9-6(11)12/h5H,2-4H2,1H3,(H2,9,11,12). The minimum absolute atomic E-state index is 0.324. The first kappa shape index (κ1) is 11.9. The van der Waals surface area contributed by atoms with Crippen LogP contribution in [0.2, 0.25) is 0 Å². The summed E-state index contributed by atoms with van der Waals surface area (Å²) in [4.78, 5) is 12.0. The highest BCUT2D eigenvalue weighted by Crippen LogP contribution is 1.95. The van der Waals surface area contributed by atoms with E-state index in [1.165, 1.54) is 0 Å². The highest BCUT2D eigenvalue weighted by atomic mass is 32.1. The molecule has 0 saturated carbocycles. The van der Waals surface area contributed by atoms with Gasteiger partial charge in [0.15, 0.2) is 7.98 Å². The summed E-state index contributed by atoms with van der Waals surface area (Å²) in [5.74, 6) is -0.324. The summed E-state index contributed by atoms with van der Waals surface area (Å²) in [6, 6.07) is 0. The molecule has 6 heteroatoms. The maximum absolute atomic E-state index is 10.4. The summed E-state index contributed by atoms with van der Waals surface area (Å²) < 4.78 is 0. The average molecular weight is 182 g/mol. The number of nitrogens with one attached hydrogen (secondary N) is 1. The zero-order chi connectivity index (χ0) is 9.56. The normalized spacial score (nSPS) is 12.9. The molecule has 0 spiro atoms. The second kappa shape index (κ2) is 6.43. The van der Waals surface area contributed by atoms with E-state index in [-0.39, 0.29) is 5.94 Å². The average Bonchev–Trinajstić information content (AvgIpc) is 1.84. The fourth-order valence-corrected chi connectivity index (χ4v) is 0.957. The highest BCUT2D eigenvalue weighted by molar-refractivity contribution is 7.96. The number of nitrogens with zero attached hydrogens (tertiary/aromatic N) is 1. The molecule has 0 fully saturated rings. The monoisotopic (exact) mass is 182 g/mol. The predicted molar refractivity (Wildman–Crippen MR) is 54.7 cm³/mol. The molecule has 0 bridgehead atoms. The van der Waals surface area contributed by atoms with Crippen LogP contribution >= 0.6 is 12.6 Å². The lowest BCUT2D eigenvalue weighted by Crippen LogP contribution is -2.32. The van der Waals surface area contributed by atoms with Gasteiger partial charge in [-0.15, -0.1) is 0 Å². The van der Waals surface area contributed by atoms with Gasteiger partial charge in [0.1, 0.15) is 0 Å². The largest absolute Gasteiger partial charge is 0.356 e. The smallest absolute Gasteiger partial charge is 0.275 e. The number of hydrogen-bond donors (Lipinski definition) is 2. The van der Waals surface area contributed by atoms with Gasteiger partial charge in [-0.1, -0.05) is 12.6 Å². The Labute approximate surface area is 81.5 Å². The van der Waals surface area contributed by atoms with Crippen LogP contribution in [-0.4, -0.2) is 45.4 Å². The van der Waals surface area contributed by atoms with Crippen molar-refractivity contribution in [2.24, 2.45) is 0 Å². The molecule has 0 aromatic rings. The molecule has 12 heavy (non-hydrogen) atoms. The Morgan fingerprint density at radius 2 is 2.33 bits per heavy atom. The Balaban J connectivity index is 3.31. The van der Waals surface area contributed by atoms with Crippen molar-refractivity contribution < 1.29 is 4.79 Å². The highest BCUT2D eigenvalue weighted by Gasteiger charge is 2.02. The van der Waals surface area contributed by atoms with Crippen molar-refractivity contribution in [2.45, 2.75) is 18.8 Å². The lowest BCUT2D eigenvalue weighted by molar-refractivity contribution is 0.259. The number of hydrogen-bond acceptors (Lipinski definition) is 2. The molecule has 1 unspecified atom stereocenters. The molecule has 0 rings (SSSR count). The fourth-order valence-electron chi connectivity index (χ4n) is 0.791. The SMILES string of the molecule is [B]C(CCCN([B])C)NC(=O)S. The fraction of sp³-hybridized carbons (Fsp3) is 0.833. The van der Waals surface area contributed by atoms with Crippen LogP contribution in [0.5, 0.6) is 0 Å². The van der Waals surface area contributed by atoms with E-state index in [2.05, 4.69) is 17.9 Å². The molecule has 0 aliphatic heterocycles. The maximum Gasteiger partial charge on any atom is 0.275 e. The van der Waals surface area contributed by atoms with Gasteiger partial charge < -0.3 is 10.1 Å². The van der Waals surface area contributed by atoms with E-state index in [9.17, 15) is 4.79 Å². The molecule has 0 heterocycles. The molecule has 1 N–H and O–H groups in total. The third kappa shape index (κ3) is 8.01. The van der Waals surface area contributed by atoms with Crippen molar-refractivity contribution in [3.8, 4) is 0 Å². The third-order valence-electron chi connectivity index (χ3n) is 1.33. The summed E-state index contributed by atoms with van der Waals surface area (Å²) >= 11 is 3.54. The van der Waals surface area contributed by atoms with Gasteiger partial charge in [0.25, 0.3) is 5.24 Å². The van der Waals surface area contributed by atoms with Gasteiger partial charge in [-0.05, 0) is 32.4 Å². The van der Waals surface area contributed by atoms with E-state index in [0.717, 1.165) is 13.0 Å². The molecule has 1 amide bonds. The van der Waals surface area contributed by atoms with Gasteiger partial charge >= 0.3 is 0 Å². The van der Waals surface area contributed by atoms with Gasteiger partial charge in [-0.2, -0.15) is 0 Å². The van der Waals surface area contributed by atoms with Gasteiger partial charge in [-0.25, -0.2) is 0 Å². The molecule has 0 aliphatic carbocycles. The van der Waals surface area contributed by atoms with E-state index in [1.54, 1.807) is 11.9 Å². The topological polar surface area (TPSA) is 32.3 Å². The summed E-state index contributed by atoms with van der Waals surface area (Å²) in [5, 5.41) is 2.06. The Hall–Kier alpha value is -0.0901. The zero-order valence-electron chi connectivity index (χ0n) is 7.16. The van der Waals surface area contributed by atoms with Gasteiger partial charge in [0.2, 0.25) is 0 Å². The number of carbonyl (C=O) groups excluding carboxylic acids is 1. The molecule has 1 atom stereocenters. The molecule has 4 radical (unpaired) electrons. The van der Waals surface area contributed by atoms with E-state index >= 15 is 0 Å². The Bertz CT molecular complexity index is 146. The van der Waals surface area contributed by atoms with Crippen molar-refractivity contribution in [1.29, 1.82) is 0 Å². The second-order valence-electron chi connectivity index (χ2n) is 2.68. The van der Waals surface area contributed by atoms with Crippen LogP contribution in [-0.2, 0) is 0 Å². The van der Waals surface area contributed by atoms with Crippen LogP contribution in [0.25, 0.3) is 0 Å². The first-order valence-electron chi connectivity index (χ1n) is 3.73. The quantitative estimate of drug-likeness (QED) is 0.460. The van der Waals surface area contributed by atoms with Crippen LogP contribution < -0.4 is 5.32 Å². The zero-order valence-corrected chi connectivity index (χ0v) is 8.05. The van der Waals surface area contributed by atoms with Crippen molar-refractivity contribution in [2.75, 3.05) is 13.6 Å². The summed E-state index contributed by atoms with van der Waals surface area (Å²) in [6.45, 7) is 0.760. The van der Waals surface area contributed by atoms with Crippen molar-refractivity contribution in [3.63, 3.8) is 0 Å². The molecule has 64 valence electrons. The van der Waals surface area contributed by atoms with Crippen LogP contribution in [0.4, 0.5) is 4.79 Å². The lowest BCUT2D eigenvalue weighted by Gasteiger charge is -2.14. The predicted octanol–water partition coefficient (Wildman–Crippen LogP) is -0.0841. The van der Waals surface area contributed by atoms with Crippen molar-refractivity contribution >= 4 is 33.7 Å². The summed E-state index contributed by atoms with van der Waals surface area (Å²) in [6.07, 6.45) is 1.55. The van der Waals surface area contributed by atoms with E-state index in [4.69, 9.17) is 15.8 Å². The first-order chi connectivity index (χ1) is 5.52. The van der Waals surface area contributed by atoms with Crippen LogP contribution in [0.15, 0.2) is 0 Å². The van der Waals surface area contributed by atoms with E-state index in [1.807, 2.05) is 0 Å². The maximum atomic E-state index is 10.4. The third-order valence-corrected chi connectivity index (χ3v) is 1.46. The minimum atomic E-state index is -0.399. The Morgan fingerprint density at radius 3 is 2.75 bits per heavy atom. The Morgan fingerprint density at radius 1 is 1.75 bits per heavy atom. The van der Waals surface area contributed by atoms with E-state index in [0.29, 0.717) is 6.42 Å². The molecule has 0 saturated heterocycles. The van der Waals surface area contributed by atoms with Gasteiger partial charge in [0, 0.05) is 0 Å². The van der Waals surface area contributed by atoms with E-state index < -0.39 is 5.24 Å². The molecule has 3 nitrogen and oxygen atoms in total. The number of rotatable bonds is 5.